The van der Waals surface area contributed by atoms with Crippen LogP contribution in [0, 0.1) is 16.2 Å². The first-order chi connectivity index (χ1) is 21.7. The number of hydrogen-bond acceptors (Lipinski definition) is 6. The van der Waals surface area contributed by atoms with Crippen molar-refractivity contribution >= 4 is 46.3 Å². The van der Waals surface area contributed by atoms with Gasteiger partial charge in [0.05, 0.1) is 28.5 Å². The third-order valence-corrected chi connectivity index (χ3v) is 10.7. The Bertz CT molecular complexity index is 1420. The minimum Gasteiger partial charge on any atom is -0.372 e. The zero-order valence-corrected chi connectivity index (χ0v) is 29.7. The maximum absolute atomic E-state index is 14.0. The molecule has 0 saturated heterocycles. The molecule has 2 aliphatic rings. The maximum Gasteiger partial charge on any atom is 0.230 e. The molecule has 0 fully saturated rings. The smallest absolute Gasteiger partial charge is 0.230 e. The predicted octanol–water partition coefficient (Wildman–Crippen LogP) is 7.36. The number of anilines is 2. The van der Waals surface area contributed by atoms with Gasteiger partial charge in [-0.3, -0.25) is 19.2 Å². The number of hydrogen-bond donors (Lipinski definition) is 3. The van der Waals surface area contributed by atoms with Gasteiger partial charge < -0.3 is 20.9 Å². The maximum atomic E-state index is 14.0. The summed E-state index contributed by atoms with van der Waals surface area (Å²) in [6.45, 7) is 21.5. The molecule has 0 radical (unpaired) electrons. The number of amides is 3. The minimum absolute atomic E-state index is 0.0671. The number of nitrogens with one attached hydrogen (secondary N) is 3. The molecular weight excluding hydrogens is 578 g/mol. The van der Waals surface area contributed by atoms with Gasteiger partial charge in [-0.05, 0) is 76.6 Å². The predicted molar refractivity (Wildman–Crippen MR) is 187 cm³/mol. The molecule has 252 valence electrons. The van der Waals surface area contributed by atoms with E-state index < -0.39 is 16.2 Å². The number of rotatable bonds is 14. The Balaban J connectivity index is 2.27. The van der Waals surface area contributed by atoms with Gasteiger partial charge in [-0.25, -0.2) is 4.99 Å². The molecule has 1 aliphatic carbocycles. The van der Waals surface area contributed by atoms with Gasteiger partial charge in [-0.1, -0.05) is 55.4 Å². The number of carbonyl (C=O) groups excluding carboxylic acids is 4. The summed E-state index contributed by atoms with van der Waals surface area (Å²) in [6, 6.07) is 5.76. The summed E-state index contributed by atoms with van der Waals surface area (Å²) in [6.07, 6.45) is 5.70. The van der Waals surface area contributed by atoms with E-state index in [9.17, 15) is 19.2 Å². The Morgan fingerprint density at radius 2 is 1.37 bits per heavy atom. The van der Waals surface area contributed by atoms with Crippen LogP contribution in [0.5, 0.6) is 0 Å². The van der Waals surface area contributed by atoms with E-state index in [4.69, 9.17) is 4.99 Å². The fourth-order valence-electron chi connectivity index (χ4n) is 6.89. The summed E-state index contributed by atoms with van der Waals surface area (Å²) < 4.78 is 0. The number of benzene rings is 1. The van der Waals surface area contributed by atoms with Crippen molar-refractivity contribution in [1.82, 2.24) is 10.6 Å². The van der Waals surface area contributed by atoms with Crippen LogP contribution in [0.15, 0.2) is 46.2 Å². The van der Waals surface area contributed by atoms with E-state index in [1.165, 1.54) is 0 Å². The van der Waals surface area contributed by atoms with Gasteiger partial charge in [-0.2, -0.15) is 0 Å². The summed E-state index contributed by atoms with van der Waals surface area (Å²) in [5.41, 5.74) is 1.30. The van der Waals surface area contributed by atoms with Crippen molar-refractivity contribution in [3.05, 3.63) is 41.2 Å². The van der Waals surface area contributed by atoms with Crippen LogP contribution in [-0.2, 0) is 19.2 Å². The van der Waals surface area contributed by atoms with E-state index in [0.29, 0.717) is 66.9 Å². The zero-order valence-electron chi connectivity index (χ0n) is 29.7. The molecule has 9 nitrogen and oxygen atoms in total. The molecular formula is C37H55N5O4. The van der Waals surface area contributed by atoms with Crippen molar-refractivity contribution in [2.75, 3.05) is 23.3 Å². The van der Waals surface area contributed by atoms with E-state index in [-0.39, 0.29) is 35.6 Å². The molecule has 1 heterocycles. The van der Waals surface area contributed by atoms with Crippen LogP contribution in [0.4, 0.5) is 17.1 Å². The molecule has 9 heteroatoms. The fourth-order valence-corrected chi connectivity index (χ4v) is 6.89. The van der Waals surface area contributed by atoms with Gasteiger partial charge in [0.25, 0.3) is 0 Å². The standard InChI is InChI=1S/C37H55N5O4/c1-11-36(12-2,13-3)33(45)39-26-21-24(42(17-7)18-8)19-20-25(26)38-27-22-28(40-34(46)37(14-4,15-5)16-6)32(44)30-31(27)41-29(43)23-35(30,9)10/h19-22H,11-18,23H2,1-10H3,(H,39,45)(H,40,46)(H,41,43). The van der Waals surface area contributed by atoms with Crippen LogP contribution >= 0.6 is 0 Å². The zero-order chi connectivity index (χ0) is 34.4. The molecule has 1 aromatic carbocycles. The summed E-state index contributed by atoms with van der Waals surface area (Å²) in [4.78, 5) is 61.5. The van der Waals surface area contributed by atoms with Crippen LogP contribution in [0.2, 0.25) is 0 Å². The highest BCUT2D eigenvalue weighted by Gasteiger charge is 2.44. The van der Waals surface area contributed by atoms with Crippen molar-refractivity contribution in [2.45, 2.75) is 114 Å². The Hall–Kier alpha value is -3.75. The molecule has 46 heavy (non-hydrogen) atoms. The first-order valence-electron chi connectivity index (χ1n) is 17.2. The van der Waals surface area contributed by atoms with E-state index >= 15 is 0 Å². The third-order valence-electron chi connectivity index (χ3n) is 10.7. The van der Waals surface area contributed by atoms with Crippen molar-refractivity contribution in [2.24, 2.45) is 21.2 Å². The fraction of sp³-hybridized carbons (Fsp3) is 0.595. The van der Waals surface area contributed by atoms with E-state index in [2.05, 4.69) is 34.7 Å². The monoisotopic (exact) mass is 633 g/mol. The van der Waals surface area contributed by atoms with E-state index in [1.807, 2.05) is 73.6 Å². The van der Waals surface area contributed by atoms with Crippen LogP contribution in [0.3, 0.4) is 0 Å². The normalized spacial score (nSPS) is 17.3. The average Bonchev–Trinajstić information content (AvgIpc) is 3.02. The quantitative estimate of drug-likeness (QED) is 0.185. The Labute approximate surface area is 275 Å². The highest BCUT2D eigenvalue weighted by atomic mass is 16.2. The molecule has 3 N–H and O–H groups in total. The molecule has 1 aromatic rings. The highest BCUT2D eigenvalue weighted by Crippen LogP contribution is 2.41. The van der Waals surface area contributed by atoms with Crippen LogP contribution in [0.1, 0.15) is 114 Å². The molecule has 0 spiro atoms. The molecule has 3 rings (SSSR count). The van der Waals surface area contributed by atoms with Crippen molar-refractivity contribution in [3.8, 4) is 0 Å². The largest absolute Gasteiger partial charge is 0.372 e. The number of ketones is 1. The third kappa shape index (κ3) is 6.98. The summed E-state index contributed by atoms with van der Waals surface area (Å²) in [5, 5.41) is 9.06. The second kappa shape index (κ2) is 14.8. The van der Waals surface area contributed by atoms with Crippen LogP contribution in [0.25, 0.3) is 0 Å². The van der Waals surface area contributed by atoms with Gasteiger partial charge in [0, 0.05) is 47.0 Å². The lowest BCUT2D eigenvalue weighted by Crippen LogP contribution is -2.48. The first kappa shape index (κ1) is 36.7. The van der Waals surface area contributed by atoms with Crippen LogP contribution < -0.4 is 20.9 Å². The number of Topliss-reactive ketones (excluding diaryl/α,β-unsaturated/α-hetero) is 1. The molecule has 1 aliphatic heterocycles. The Kier molecular flexibility index (Phi) is 11.8. The summed E-state index contributed by atoms with van der Waals surface area (Å²) in [7, 11) is 0. The average molecular weight is 634 g/mol. The lowest BCUT2D eigenvalue weighted by Gasteiger charge is -2.37. The molecule has 0 unspecified atom stereocenters. The summed E-state index contributed by atoms with van der Waals surface area (Å²) >= 11 is 0. The van der Waals surface area contributed by atoms with Gasteiger partial charge in [0.1, 0.15) is 0 Å². The molecule has 0 bridgehead atoms. The molecule has 0 atom stereocenters. The topological polar surface area (TPSA) is 120 Å². The minimum atomic E-state index is -0.788. The number of nitrogens with zero attached hydrogens (tertiary/aromatic N) is 2. The Morgan fingerprint density at radius 1 is 0.848 bits per heavy atom. The highest BCUT2D eigenvalue weighted by molar-refractivity contribution is 6.27. The van der Waals surface area contributed by atoms with Gasteiger partial charge in [-0.15, -0.1) is 0 Å². The number of carbonyl (C=O) groups is 4. The second-order valence-corrected chi connectivity index (χ2v) is 13.2. The molecule has 0 aromatic heterocycles. The first-order valence-corrected chi connectivity index (χ1v) is 17.2. The van der Waals surface area contributed by atoms with Gasteiger partial charge >= 0.3 is 0 Å². The lowest BCUT2D eigenvalue weighted by atomic mass is 9.72. The number of allylic oxidation sites excluding steroid dienone is 2. The van der Waals surface area contributed by atoms with Crippen molar-refractivity contribution < 1.29 is 19.2 Å². The number of aliphatic imine (C=N–C) groups is 1. The Morgan fingerprint density at radius 3 is 1.87 bits per heavy atom. The van der Waals surface area contributed by atoms with Crippen LogP contribution in [-0.4, -0.2) is 42.3 Å². The lowest BCUT2D eigenvalue weighted by molar-refractivity contribution is -0.132. The second-order valence-electron chi connectivity index (χ2n) is 13.2. The van der Waals surface area contributed by atoms with Gasteiger partial charge in [0.2, 0.25) is 23.5 Å². The SMILES string of the molecule is CCN(CC)c1ccc(N=C2C=C(NC(=O)C(CC)(CC)CC)C(=O)C3=C2NC(=O)CC3(C)C)c(NC(=O)C(CC)(CC)CC)c1. The molecule has 0 saturated carbocycles. The van der Waals surface area contributed by atoms with Crippen molar-refractivity contribution in [1.29, 1.82) is 0 Å². The van der Waals surface area contributed by atoms with E-state index in [1.54, 1.807) is 6.08 Å². The summed E-state index contributed by atoms with van der Waals surface area (Å²) in [5.74, 6) is -0.806. The van der Waals surface area contributed by atoms with Crippen molar-refractivity contribution in [3.63, 3.8) is 0 Å². The van der Waals surface area contributed by atoms with E-state index in [0.717, 1.165) is 18.8 Å². The molecule has 3 amide bonds. The van der Waals surface area contributed by atoms with Gasteiger partial charge in [0.15, 0.2) is 0 Å².